The molecule has 1 heterocycles. The number of carbonyl (C=O) groups is 1. The molecule has 1 saturated heterocycles. The van der Waals surface area contributed by atoms with Crippen molar-refractivity contribution in [3.05, 3.63) is 0 Å². The molecule has 0 spiro atoms. The standard InChI is InChI=1S/C10H19NO/c1-5-8-6-7-9(12)11(8)10(2,3)4/h8H,5-7H2,1-4H3/t8-/m0/s1. The van der Waals surface area contributed by atoms with Gasteiger partial charge in [0.15, 0.2) is 0 Å². The van der Waals surface area contributed by atoms with Crippen molar-refractivity contribution in [3.63, 3.8) is 0 Å². The van der Waals surface area contributed by atoms with Gasteiger partial charge in [0.2, 0.25) is 5.91 Å². The molecule has 0 aliphatic carbocycles. The van der Waals surface area contributed by atoms with E-state index >= 15 is 0 Å². The fourth-order valence-electron chi connectivity index (χ4n) is 2.05. The highest BCUT2D eigenvalue weighted by molar-refractivity contribution is 5.79. The van der Waals surface area contributed by atoms with E-state index in [1.165, 1.54) is 0 Å². The van der Waals surface area contributed by atoms with Crippen LogP contribution in [0.15, 0.2) is 0 Å². The molecule has 0 aromatic heterocycles. The largest absolute Gasteiger partial charge is 0.335 e. The summed E-state index contributed by atoms with van der Waals surface area (Å²) < 4.78 is 0. The van der Waals surface area contributed by atoms with E-state index in [1.54, 1.807) is 0 Å². The van der Waals surface area contributed by atoms with E-state index < -0.39 is 0 Å². The van der Waals surface area contributed by atoms with Crippen molar-refractivity contribution in [2.24, 2.45) is 0 Å². The minimum absolute atomic E-state index is 0.00819. The van der Waals surface area contributed by atoms with Crippen molar-refractivity contribution in [3.8, 4) is 0 Å². The molecule has 0 aromatic carbocycles. The number of likely N-dealkylation sites (tertiary alicyclic amines) is 1. The van der Waals surface area contributed by atoms with Gasteiger partial charge in [0.25, 0.3) is 0 Å². The monoisotopic (exact) mass is 169 g/mol. The van der Waals surface area contributed by atoms with E-state index in [0.717, 1.165) is 19.3 Å². The molecule has 2 heteroatoms. The zero-order valence-corrected chi connectivity index (χ0v) is 8.55. The summed E-state index contributed by atoms with van der Waals surface area (Å²) in [7, 11) is 0. The van der Waals surface area contributed by atoms with Crippen LogP contribution in [0.5, 0.6) is 0 Å². The van der Waals surface area contributed by atoms with Crippen LogP contribution in [0.3, 0.4) is 0 Å². The smallest absolute Gasteiger partial charge is 0.223 e. The summed E-state index contributed by atoms with van der Waals surface area (Å²) in [6.45, 7) is 8.48. The van der Waals surface area contributed by atoms with Gasteiger partial charge in [-0.15, -0.1) is 0 Å². The van der Waals surface area contributed by atoms with Crippen LogP contribution in [0.1, 0.15) is 47.0 Å². The van der Waals surface area contributed by atoms with Crippen molar-refractivity contribution in [2.75, 3.05) is 0 Å². The van der Waals surface area contributed by atoms with Gasteiger partial charge < -0.3 is 4.90 Å². The third kappa shape index (κ3) is 1.62. The Labute approximate surface area is 74.9 Å². The maximum absolute atomic E-state index is 11.5. The summed E-state index contributed by atoms with van der Waals surface area (Å²) in [6.07, 6.45) is 2.88. The zero-order valence-electron chi connectivity index (χ0n) is 8.55. The highest BCUT2D eigenvalue weighted by Gasteiger charge is 2.36. The SMILES string of the molecule is CC[C@H]1CCC(=O)N1C(C)(C)C. The molecular formula is C10H19NO. The van der Waals surface area contributed by atoms with E-state index in [0.29, 0.717) is 11.9 Å². The Hall–Kier alpha value is -0.530. The molecule has 70 valence electrons. The lowest BCUT2D eigenvalue weighted by Crippen LogP contribution is -2.46. The Morgan fingerprint density at radius 2 is 2.08 bits per heavy atom. The second-order valence-corrected chi connectivity index (χ2v) is 4.54. The topological polar surface area (TPSA) is 20.3 Å². The fraction of sp³-hybridized carbons (Fsp3) is 0.900. The van der Waals surface area contributed by atoms with Crippen LogP contribution in [0.4, 0.5) is 0 Å². The van der Waals surface area contributed by atoms with Gasteiger partial charge in [-0.05, 0) is 33.6 Å². The van der Waals surface area contributed by atoms with Gasteiger partial charge in [0.1, 0.15) is 0 Å². The van der Waals surface area contributed by atoms with Gasteiger partial charge in [-0.2, -0.15) is 0 Å². The van der Waals surface area contributed by atoms with Crippen molar-refractivity contribution >= 4 is 5.91 Å². The molecule has 0 aromatic rings. The Bertz CT molecular complexity index is 181. The maximum atomic E-state index is 11.5. The number of rotatable bonds is 1. The lowest BCUT2D eigenvalue weighted by Gasteiger charge is -2.36. The average molecular weight is 169 g/mol. The molecule has 12 heavy (non-hydrogen) atoms. The van der Waals surface area contributed by atoms with Crippen molar-refractivity contribution in [1.29, 1.82) is 0 Å². The molecule has 1 amide bonds. The van der Waals surface area contributed by atoms with Gasteiger partial charge in [-0.1, -0.05) is 6.92 Å². The summed E-state index contributed by atoms with van der Waals surface area (Å²) in [5.41, 5.74) is 0.00819. The van der Waals surface area contributed by atoms with E-state index in [1.807, 2.05) is 4.90 Å². The summed E-state index contributed by atoms with van der Waals surface area (Å²) in [5, 5.41) is 0. The number of hydrogen-bond acceptors (Lipinski definition) is 1. The van der Waals surface area contributed by atoms with Crippen LogP contribution in [-0.2, 0) is 4.79 Å². The van der Waals surface area contributed by atoms with Gasteiger partial charge in [-0.3, -0.25) is 4.79 Å². The minimum atomic E-state index is 0.00819. The first-order valence-electron chi connectivity index (χ1n) is 4.79. The third-order valence-corrected chi connectivity index (χ3v) is 2.52. The van der Waals surface area contributed by atoms with E-state index in [-0.39, 0.29) is 5.54 Å². The van der Waals surface area contributed by atoms with E-state index in [4.69, 9.17) is 0 Å². The second kappa shape index (κ2) is 3.08. The molecule has 1 aliphatic heterocycles. The second-order valence-electron chi connectivity index (χ2n) is 4.54. The summed E-state index contributed by atoms with van der Waals surface area (Å²) in [6, 6.07) is 0.484. The quantitative estimate of drug-likeness (QED) is 0.589. The molecule has 0 unspecified atom stereocenters. The number of nitrogens with zero attached hydrogens (tertiary/aromatic N) is 1. The van der Waals surface area contributed by atoms with Crippen LogP contribution < -0.4 is 0 Å². The van der Waals surface area contributed by atoms with Crippen LogP contribution in [-0.4, -0.2) is 22.4 Å². The predicted octanol–water partition coefficient (Wildman–Crippen LogP) is 2.19. The van der Waals surface area contributed by atoms with Crippen molar-refractivity contribution in [2.45, 2.75) is 58.5 Å². The van der Waals surface area contributed by atoms with Gasteiger partial charge >= 0.3 is 0 Å². The van der Waals surface area contributed by atoms with Gasteiger partial charge in [0, 0.05) is 18.0 Å². The third-order valence-electron chi connectivity index (χ3n) is 2.52. The lowest BCUT2D eigenvalue weighted by molar-refractivity contribution is -0.133. The molecule has 0 radical (unpaired) electrons. The number of hydrogen-bond donors (Lipinski definition) is 0. The molecule has 0 bridgehead atoms. The van der Waals surface area contributed by atoms with E-state index in [9.17, 15) is 4.79 Å². The lowest BCUT2D eigenvalue weighted by atomic mass is 10.0. The first kappa shape index (κ1) is 9.56. The molecule has 1 aliphatic rings. The van der Waals surface area contributed by atoms with Crippen LogP contribution in [0, 0.1) is 0 Å². The Balaban J connectivity index is 2.77. The number of amides is 1. The maximum Gasteiger partial charge on any atom is 0.223 e. The fourth-order valence-corrected chi connectivity index (χ4v) is 2.05. The zero-order chi connectivity index (χ0) is 9.35. The summed E-state index contributed by atoms with van der Waals surface area (Å²) >= 11 is 0. The Morgan fingerprint density at radius 1 is 1.50 bits per heavy atom. The van der Waals surface area contributed by atoms with Crippen molar-refractivity contribution < 1.29 is 4.79 Å². The molecule has 0 saturated carbocycles. The molecule has 0 N–H and O–H groups in total. The first-order valence-corrected chi connectivity index (χ1v) is 4.79. The van der Waals surface area contributed by atoms with Gasteiger partial charge in [0.05, 0.1) is 0 Å². The average Bonchev–Trinajstić information content (AvgIpc) is 2.29. The van der Waals surface area contributed by atoms with Crippen LogP contribution >= 0.6 is 0 Å². The number of carbonyl (C=O) groups excluding carboxylic acids is 1. The van der Waals surface area contributed by atoms with Crippen LogP contribution in [0.25, 0.3) is 0 Å². The van der Waals surface area contributed by atoms with Crippen molar-refractivity contribution in [1.82, 2.24) is 4.90 Å². The van der Waals surface area contributed by atoms with Gasteiger partial charge in [-0.25, -0.2) is 0 Å². The molecule has 1 rings (SSSR count). The van der Waals surface area contributed by atoms with Crippen LogP contribution in [0.2, 0.25) is 0 Å². The highest BCUT2D eigenvalue weighted by Crippen LogP contribution is 2.28. The highest BCUT2D eigenvalue weighted by atomic mass is 16.2. The minimum Gasteiger partial charge on any atom is -0.335 e. The van der Waals surface area contributed by atoms with E-state index in [2.05, 4.69) is 27.7 Å². The summed E-state index contributed by atoms with van der Waals surface area (Å²) in [4.78, 5) is 13.6. The Morgan fingerprint density at radius 3 is 2.42 bits per heavy atom. The summed E-state index contributed by atoms with van der Waals surface area (Å²) in [5.74, 6) is 0.328. The Kier molecular flexibility index (Phi) is 2.45. The molecular weight excluding hydrogens is 150 g/mol. The normalized spacial score (nSPS) is 25.2. The first-order chi connectivity index (χ1) is 5.46. The molecule has 2 nitrogen and oxygen atoms in total. The predicted molar refractivity (Wildman–Crippen MR) is 49.9 cm³/mol. The molecule has 1 fully saturated rings. The molecule has 1 atom stereocenters.